The molecule has 0 spiro atoms. The second kappa shape index (κ2) is 6.12. The van der Waals surface area contributed by atoms with Crippen LogP contribution in [0.4, 0.5) is 4.39 Å². The van der Waals surface area contributed by atoms with Gasteiger partial charge in [-0.3, -0.25) is 0 Å². The molecular formula is C14H10BrCl2FO. The van der Waals surface area contributed by atoms with Gasteiger partial charge < -0.3 is 4.74 Å². The van der Waals surface area contributed by atoms with Gasteiger partial charge in [0.05, 0.1) is 17.0 Å². The van der Waals surface area contributed by atoms with Crippen LogP contribution in [0.1, 0.15) is 16.0 Å². The van der Waals surface area contributed by atoms with Gasteiger partial charge in [0.2, 0.25) is 0 Å². The maximum absolute atomic E-state index is 13.5. The van der Waals surface area contributed by atoms with Crippen LogP contribution >= 0.6 is 39.1 Å². The van der Waals surface area contributed by atoms with Crippen molar-refractivity contribution in [3.63, 3.8) is 0 Å². The van der Waals surface area contributed by atoms with E-state index in [4.69, 9.17) is 27.9 Å². The number of alkyl halides is 1. The molecule has 0 saturated heterocycles. The van der Waals surface area contributed by atoms with E-state index in [1.807, 2.05) is 6.07 Å². The zero-order valence-electron chi connectivity index (χ0n) is 9.96. The summed E-state index contributed by atoms with van der Waals surface area (Å²) in [6, 6.07) is 10.0. The smallest absolute Gasteiger partial charge is 0.142 e. The van der Waals surface area contributed by atoms with E-state index in [-0.39, 0.29) is 9.85 Å². The third kappa shape index (κ3) is 3.04. The zero-order chi connectivity index (χ0) is 14.0. The highest BCUT2D eigenvalue weighted by Crippen LogP contribution is 2.40. The quantitative estimate of drug-likeness (QED) is 0.642. The van der Waals surface area contributed by atoms with Crippen LogP contribution in [-0.4, -0.2) is 7.11 Å². The zero-order valence-corrected chi connectivity index (χ0v) is 13.1. The summed E-state index contributed by atoms with van der Waals surface area (Å²) < 4.78 is 18.6. The van der Waals surface area contributed by atoms with E-state index in [1.165, 1.54) is 6.07 Å². The Morgan fingerprint density at radius 3 is 2.53 bits per heavy atom. The highest BCUT2D eigenvalue weighted by Gasteiger charge is 2.18. The van der Waals surface area contributed by atoms with Crippen LogP contribution < -0.4 is 4.74 Å². The molecule has 0 N–H and O–H groups in total. The molecule has 19 heavy (non-hydrogen) atoms. The van der Waals surface area contributed by atoms with Crippen molar-refractivity contribution in [1.82, 2.24) is 0 Å². The van der Waals surface area contributed by atoms with E-state index < -0.39 is 5.82 Å². The van der Waals surface area contributed by atoms with Crippen molar-refractivity contribution in [2.75, 3.05) is 7.11 Å². The van der Waals surface area contributed by atoms with Crippen molar-refractivity contribution in [1.29, 1.82) is 0 Å². The maximum Gasteiger partial charge on any atom is 0.142 e. The van der Waals surface area contributed by atoms with Gasteiger partial charge in [0.25, 0.3) is 0 Å². The molecule has 0 aliphatic rings. The molecule has 0 fully saturated rings. The minimum atomic E-state index is -0.451. The van der Waals surface area contributed by atoms with Crippen molar-refractivity contribution in [2.45, 2.75) is 4.83 Å². The lowest BCUT2D eigenvalue weighted by Gasteiger charge is -2.15. The summed E-state index contributed by atoms with van der Waals surface area (Å²) in [6.07, 6.45) is 0. The first-order valence-corrected chi connectivity index (χ1v) is 7.13. The molecule has 0 bridgehead atoms. The van der Waals surface area contributed by atoms with Crippen LogP contribution in [0, 0.1) is 5.82 Å². The molecule has 0 amide bonds. The number of methoxy groups -OCH3 is 1. The minimum absolute atomic E-state index is 0.0938. The van der Waals surface area contributed by atoms with Gasteiger partial charge >= 0.3 is 0 Å². The average Bonchev–Trinajstić information content (AvgIpc) is 2.41. The molecule has 5 heteroatoms. The third-order valence-corrected chi connectivity index (χ3v) is 4.45. The lowest BCUT2D eigenvalue weighted by Crippen LogP contribution is -1.97. The van der Waals surface area contributed by atoms with Gasteiger partial charge in [0, 0.05) is 5.02 Å². The van der Waals surface area contributed by atoms with Gasteiger partial charge in [0.1, 0.15) is 11.6 Å². The Balaban J connectivity index is 2.44. The van der Waals surface area contributed by atoms with Crippen LogP contribution in [0.5, 0.6) is 5.75 Å². The molecule has 0 aliphatic carbocycles. The number of halogens is 4. The molecule has 2 aromatic rings. The first-order valence-electron chi connectivity index (χ1n) is 5.46. The van der Waals surface area contributed by atoms with Crippen molar-refractivity contribution in [2.24, 2.45) is 0 Å². The van der Waals surface area contributed by atoms with Crippen LogP contribution in [0.25, 0.3) is 0 Å². The summed E-state index contributed by atoms with van der Waals surface area (Å²) in [5.41, 5.74) is 1.43. The summed E-state index contributed by atoms with van der Waals surface area (Å²) in [5.74, 6) is 0.215. The lowest BCUT2D eigenvalue weighted by atomic mass is 10.0. The van der Waals surface area contributed by atoms with Crippen LogP contribution in [-0.2, 0) is 0 Å². The molecule has 0 saturated carbocycles. The highest BCUT2D eigenvalue weighted by molar-refractivity contribution is 9.09. The fourth-order valence-corrected chi connectivity index (χ4v) is 3.28. The molecule has 1 nitrogen and oxygen atoms in total. The van der Waals surface area contributed by atoms with Crippen molar-refractivity contribution in [3.05, 3.63) is 63.4 Å². The summed E-state index contributed by atoms with van der Waals surface area (Å²) in [7, 11) is 1.57. The van der Waals surface area contributed by atoms with E-state index in [0.29, 0.717) is 16.3 Å². The fraction of sp³-hybridized carbons (Fsp3) is 0.143. The van der Waals surface area contributed by atoms with Gasteiger partial charge in [0.15, 0.2) is 0 Å². The third-order valence-electron chi connectivity index (χ3n) is 2.74. The molecule has 2 rings (SSSR count). The molecule has 2 aromatic carbocycles. The van der Waals surface area contributed by atoms with E-state index >= 15 is 0 Å². The molecule has 1 atom stereocenters. The maximum atomic E-state index is 13.5. The predicted molar refractivity (Wildman–Crippen MR) is 80.2 cm³/mol. The Kier molecular flexibility index (Phi) is 4.71. The van der Waals surface area contributed by atoms with Gasteiger partial charge in [-0.1, -0.05) is 57.3 Å². The highest BCUT2D eigenvalue weighted by atomic mass is 79.9. The lowest BCUT2D eigenvalue weighted by molar-refractivity contribution is 0.414. The summed E-state index contributed by atoms with van der Waals surface area (Å²) in [6.45, 7) is 0. The van der Waals surface area contributed by atoms with E-state index in [9.17, 15) is 4.39 Å². The van der Waals surface area contributed by atoms with Crippen molar-refractivity contribution in [3.8, 4) is 5.75 Å². The largest absolute Gasteiger partial charge is 0.497 e. The molecule has 0 radical (unpaired) electrons. The second-order valence-electron chi connectivity index (χ2n) is 3.89. The Morgan fingerprint density at radius 2 is 1.89 bits per heavy atom. The molecular weight excluding hydrogens is 354 g/mol. The predicted octanol–water partition coefficient (Wildman–Crippen LogP) is 5.63. The Labute approximate surface area is 129 Å². The van der Waals surface area contributed by atoms with Crippen LogP contribution in [0.15, 0.2) is 36.4 Å². The fourth-order valence-electron chi connectivity index (χ4n) is 1.72. The van der Waals surface area contributed by atoms with E-state index in [2.05, 4.69) is 15.9 Å². The molecule has 100 valence electrons. The number of ether oxygens (including phenoxy) is 1. The van der Waals surface area contributed by atoms with Crippen LogP contribution in [0.3, 0.4) is 0 Å². The number of hydrogen-bond acceptors (Lipinski definition) is 1. The molecule has 0 heterocycles. The number of benzene rings is 2. The standard InChI is InChI=1S/C14H10BrCl2FO/c1-19-8-5-6-9(11(16)7-8)13(15)10-3-2-4-12(18)14(10)17/h2-7,13H,1H3. The SMILES string of the molecule is COc1ccc(C(Br)c2cccc(F)c2Cl)c(Cl)c1. The first-order chi connectivity index (χ1) is 9.04. The van der Waals surface area contributed by atoms with Gasteiger partial charge in [-0.2, -0.15) is 0 Å². The normalized spacial score (nSPS) is 12.3. The van der Waals surface area contributed by atoms with Gasteiger partial charge in [-0.15, -0.1) is 0 Å². The molecule has 0 aliphatic heterocycles. The Bertz CT molecular complexity index is 604. The van der Waals surface area contributed by atoms with E-state index in [0.717, 1.165) is 5.56 Å². The summed E-state index contributed by atoms with van der Waals surface area (Å²) >= 11 is 15.7. The first kappa shape index (κ1) is 14.6. The molecule has 1 unspecified atom stereocenters. The topological polar surface area (TPSA) is 9.23 Å². The van der Waals surface area contributed by atoms with Gasteiger partial charge in [-0.05, 0) is 29.3 Å². The molecule has 0 aromatic heterocycles. The summed E-state index contributed by atoms with van der Waals surface area (Å²) in [4.78, 5) is -0.283. The van der Waals surface area contributed by atoms with Gasteiger partial charge in [-0.25, -0.2) is 4.39 Å². The van der Waals surface area contributed by atoms with Crippen LogP contribution in [0.2, 0.25) is 10.0 Å². The number of hydrogen-bond donors (Lipinski definition) is 0. The second-order valence-corrected chi connectivity index (χ2v) is 5.59. The summed E-state index contributed by atoms with van der Waals surface area (Å²) in [5, 5.41) is 0.623. The minimum Gasteiger partial charge on any atom is -0.497 e. The van der Waals surface area contributed by atoms with Crippen molar-refractivity contribution >= 4 is 39.1 Å². The Hall–Kier alpha value is -0.770. The van der Waals surface area contributed by atoms with E-state index in [1.54, 1.807) is 31.4 Å². The van der Waals surface area contributed by atoms with Crippen molar-refractivity contribution < 1.29 is 9.13 Å². The monoisotopic (exact) mass is 362 g/mol. The Morgan fingerprint density at radius 1 is 1.16 bits per heavy atom. The average molecular weight is 364 g/mol. The number of rotatable bonds is 3.